The van der Waals surface area contributed by atoms with Crippen molar-refractivity contribution >= 4 is 0 Å². The van der Waals surface area contributed by atoms with Crippen LogP contribution in [0.4, 0.5) is 0 Å². The van der Waals surface area contributed by atoms with Crippen LogP contribution in [0.1, 0.15) is 79.6 Å². The van der Waals surface area contributed by atoms with Crippen molar-refractivity contribution in [1.29, 1.82) is 0 Å². The van der Waals surface area contributed by atoms with Gasteiger partial charge in [-0.3, -0.25) is 0 Å². The maximum Gasteiger partial charge on any atom is 0.0922 e. The molecule has 1 aliphatic carbocycles. The molecule has 1 fully saturated rings. The van der Waals surface area contributed by atoms with Gasteiger partial charge in [-0.05, 0) is 85.5 Å². The van der Waals surface area contributed by atoms with E-state index in [1.807, 2.05) is 0 Å². The Balaban J connectivity index is 2.23. The number of hydrogen-bond donors (Lipinski definition) is 1. The second-order valence-electron chi connectivity index (χ2n) is 8.18. The summed E-state index contributed by atoms with van der Waals surface area (Å²) >= 11 is 0. The van der Waals surface area contributed by atoms with E-state index in [1.54, 1.807) is 0 Å². The summed E-state index contributed by atoms with van der Waals surface area (Å²) in [5.41, 5.74) is 2.36. The number of rotatable bonds is 0. The van der Waals surface area contributed by atoms with Crippen molar-refractivity contribution in [2.45, 2.75) is 96.9 Å². The first-order valence-electron chi connectivity index (χ1n) is 8.92. The Morgan fingerprint density at radius 1 is 1.05 bits per heavy atom. The lowest BCUT2D eigenvalue weighted by atomic mass is 9.73. The smallest absolute Gasteiger partial charge is 0.0922 e. The summed E-state index contributed by atoms with van der Waals surface area (Å²) in [7, 11) is 0. The van der Waals surface area contributed by atoms with Crippen LogP contribution in [0.2, 0.25) is 0 Å². The summed E-state index contributed by atoms with van der Waals surface area (Å²) in [6, 6.07) is 0. The number of aliphatic hydroxyl groups excluding tert-OH is 1. The van der Waals surface area contributed by atoms with E-state index >= 15 is 0 Å². The molecule has 2 nitrogen and oxygen atoms in total. The van der Waals surface area contributed by atoms with E-state index in [9.17, 15) is 5.11 Å². The van der Waals surface area contributed by atoms with E-state index in [4.69, 9.17) is 4.74 Å². The SMILES string of the molecule is C/C1=C\CCC2(C)OC(C)(C)C(CC/C(C)=C/CC1)CC2O. The van der Waals surface area contributed by atoms with Gasteiger partial charge in [-0.1, -0.05) is 23.3 Å². The molecule has 0 aromatic carbocycles. The molecule has 3 atom stereocenters. The number of allylic oxidation sites excluding steroid dienone is 4. The fourth-order valence-electron chi connectivity index (χ4n) is 4.00. The predicted molar refractivity (Wildman–Crippen MR) is 92.9 cm³/mol. The van der Waals surface area contributed by atoms with Gasteiger partial charge < -0.3 is 9.84 Å². The van der Waals surface area contributed by atoms with E-state index in [2.05, 4.69) is 46.8 Å². The molecule has 0 saturated carbocycles. The van der Waals surface area contributed by atoms with E-state index in [1.165, 1.54) is 11.1 Å². The van der Waals surface area contributed by atoms with Gasteiger partial charge in [0.05, 0.1) is 17.3 Å². The second kappa shape index (κ2) is 6.88. The summed E-state index contributed by atoms with van der Waals surface area (Å²) in [4.78, 5) is 0. The monoisotopic (exact) mass is 306 g/mol. The van der Waals surface area contributed by atoms with Gasteiger partial charge in [-0.2, -0.15) is 0 Å². The minimum Gasteiger partial charge on any atom is -0.390 e. The van der Waals surface area contributed by atoms with Crippen LogP contribution in [0, 0.1) is 5.92 Å². The average Bonchev–Trinajstić information content (AvgIpc) is 2.40. The lowest BCUT2D eigenvalue weighted by Gasteiger charge is -2.51. The zero-order valence-electron chi connectivity index (χ0n) is 15.1. The highest BCUT2D eigenvalue weighted by Crippen LogP contribution is 2.44. The number of aliphatic hydroxyl groups is 1. The fraction of sp³-hybridized carbons (Fsp3) is 0.800. The molecule has 0 radical (unpaired) electrons. The van der Waals surface area contributed by atoms with Crippen LogP contribution in [0.3, 0.4) is 0 Å². The Labute approximate surface area is 136 Å². The first-order valence-corrected chi connectivity index (χ1v) is 8.92. The second-order valence-corrected chi connectivity index (χ2v) is 8.18. The van der Waals surface area contributed by atoms with Crippen molar-refractivity contribution in [2.24, 2.45) is 5.92 Å². The first kappa shape index (κ1) is 17.7. The molecule has 2 aliphatic heterocycles. The highest BCUT2D eigenvalue weighted by molar-refractivity contribution is 5.07. The molecule has 1 N–H and O–H groups in total. The van der Waals surface area contributed by atoms with Crippen molar-refractivity contribution in [3.8, 4) is 0 Å². The minimum atomic E-state index is -0.411. The normalized spacial score (nSPS) is 41.9. The third-order valence-corrected chi connectivity index (χ3v) is 5.74. The van der Waals surface area contributed by atoms with Crippen molar-refractivity contribution in [1.82, 2.24) is 0 Å². The number of hydrogen-bond acceptors (Lipinski definition) is 2. The van der Waals surface area contributed by atoms with Crippen LogP contribution in [-0.4, -0.2) is 22.4 Å². The van der Waals surface area contributed by atoms with Crippen LogP contribution in [0.15, 0.2) is 23.3 Å². The molecule has 2 heteroatoms. The summed E-state index contributed by atoms with van der Waals surface area (Å²) in [5.74, 6) is 0.430. The van der Waals surface area contributed by atoms with E-state index < -0.39 is 5.60 Å². The molecule has 3 aliphatic rings. The lowest BCUT2D eigenvalue weighted by Crippen LogP contribution is -2.56. The molecule has 126 valence electrons. The van der Waals surface area contributed by atoms with Crippen LogP contribution >= 0.6 is 0 Å². The predicted octanol–water partition coefficient (Wildman–Crippen LogP) is 5.17. The van der Waals surface area contributed by atoms with Gasteiger partial charge in [-0.25, -0.2) is 0 Å². The number of fused-ring (bicyclic) bond motifs is 9. The van der Waals surface area contributed by atoms with Crippen molar-refractivity contribution < 1.29 is 9.84 Å². The van der Waals surface area contributed by atoms with Gasteiger partial charge in [0.15, 0.2) is 0 Å². The van der Waals surface area contributed by atoms with Crippen LogP contribution in [0.25, 0.3) is 0 Å². The Hall–Kier alpha value is -0.600. The molecular formula is C20H34O2. The molecule has 22 heavy (non-hydrogen) atoms. The minimum absolute atomic E-state index is 0.156. The molecule has 0 aromatic rings. The topological polar surface area (TPSA) is 29.5 Å². The molecular weight excluding hydrogens is 272 g/mol. The van der Waals surface area contributed by atoms with Gasteiger partial charge in [0, 0.05) is 0 Å². The number of ether oxygens (including phenoxy) is 1. The zero-order chi connectivity index (χ0) is 16.4. The highest BCUT2D eigenvalue weighted by atomic mass is 16.5. The molecule has 0 spiro atoms. The molecule has 3 rings (SSSR count). The molecule has 2 heterocycles. The van der Waals surface area contributed by atoms with Crippen LogP contribution < -0.4 is 0 Å². The maximum atomic E-state index is 10.7. The Morgan fingerprint density at radius 3 is 2.41 bits per heavy atom. The standard InChI is InChI=1S/C20H34O2/c1-15-8-6-9-16(2)11-12-17-14-18(21)20(5,13-7-10-15)22-19(17,3)4/h9-10,17-18,21H,6-8,11-14H2,1-5H3/b15-10+,16-9+. The Kier molecular flexibility index (Phi) is 5.55. The third-order valence-electron chi connectivity index (χ3n) is 5.74. The summed E-state index contributed by atoms with van der Waals surface area (Å²) in [5, 5.41) is 10.7. The molecule has 2 bridgehead atoms. The van der Waals surface area contributed by atoms with Gasteiger partial charge in [-0.15, -0.1) is 0 Å². The zero-order valence-corrected chi connectivity index (χ0v) is 15.1. The first-order chi connectivity index (χ1) is 10.2. The molecule has 0 aromatic heterocycles. The van der Waals surface area contributed by atoms with Crippen molar-refractivity contribution in [3.05, 3.63) is 23.3 Å². The summed E-state index contributed by atoms with van der Waals surface area (Å²) in [6.07, 6.45) is 11.6. The lowest BCUT2D eigenvalue weighted by molar-refractivity contribution is -0.243. The van der Waals surface area contributed by atoms with Gasteiger partial charge in [0.25, 0.3) is 0 Å². The highest BCUT2D eigenvalue weighted by Gasteiger charge is 2.48. The van der Waals surface area contributed by atoms with Crippen molar-refractivity contribution in [3.63, 3.8) is 0 Å². The summed E-state index contributed by atoms with van der Waals surface area (Å²) < 4.78 is 6.45. The Morgan fingerprint density at radius 2 is 1.68 bits per heavy atom. The van der Waals surface area contributed by atoms with E-state index in [-0.39, 0.29) is 11.7 Å². The van der Waals surface area contributed by atoms with Crippen LogP contribution in [-0.2, 0) is 4.74 Å². The molecule has 1 saturated heterocycles. The Bertz CT molecular complexity index is 447. The average molecular weight is 306 g/mol. The fourth-order valence-corrected chi connectivity index (χ4v) is 4.00. The van der Waals surface area contributed by atoms with Gasteiger partial charge in [0.2, 0.25) is 0 Å². The largest absolute Gasteiger partial charge is 0.390 e. The summed E-state index contributed by atoms with van der Waals surface area (Å²) in [6.45, 7) is 11.0. The molecule has 3 unspecified atom stereocenters. The third kappa shape index (κ3) is 4.23. The quantitative estimate of drug-likeness (QED) is 0.626. The van der Waals surface area contributed by atoms with Gasteiger partial charge in [0.1, 0.15) is 0 Å². The van der Waals surface area contributed by atoms with E-state index in [0.717, 1.165) is 44.9 Å². The maximum absolute atomic E-state index is 10.7. The van der Waals surface area contributed by atoms with Gasteiger partial charge >= 0.3 is 0 Å². The molecule has 0 amide bonds. The van der Waals surface area contributed by atoms with E-state index in [0.29, 0.717) is 5.92 Å². The van der Waals surface area contributed by atoms with Crippen molar-refractivity contribution in [2.75, 3.05) is 0 Å². The van der Waals surface area contributed by atoms with Crippen LogP contribution in [0.5, 0.6) is 0 Å².